The number of carbonyl (C=O) groups excluding carboxylic acids is 1. The van der Waals surface area contributed by atoms with Crippen molar-refractivity contribution in [3.63, 3.8) is 0 Å². The van der Waals surface area contributed by atoms with E-state index in [1.807, 2.05) is 0 Å². The van der Waals surface area contributed by atoms with Gasteiger partial charge in [-0.2, -0.15) is 0 Å². The Labute approximate surface area is 55.6 Å². The molecule has 3 heteroatoms. The Balaban J connectivity index is 3.27. The van der Waals surface area contributed by atoms with Crippen LogP contribution in [0.1, 0.15) is 6.92 Å². The van der Waals surface area contributed by atoms with Crippen LogP contribution in [0.25, 0.3) is 0 Å². The monoisotopic (exact) mass is 131 g/mol. The third-order valence-electron chi connectivity index (χ3n) is 1.17. The van der Waals surface area contributed by atoms with Gasteiger partial charge in [-0.15, -0.1) is 0 Å². The average Bonchev–Trinajstić information content (AvgIpc) is 1.82. The second-order valence-electron chi connectivity index (χ2n) is 1.93. The van der Waals surface area contributed by atoms with Crippen molar-refractivity contribution in [2.45, 2.75) is 6.92 Å². The third kappa shape index (κ3) is 3.97. The van der Waals surface area contributed by atoms with Gasteiger partial charge in [0, 0.05) is 27.6 Å². The van der Waals surface area contributed by atoms with Crippen LogP contribution < -0.4 is 0 Å². The molecule has 0 N–H and O–H groups in total. The molecular weight excluding hydrogens is 118 g/mol. The van der Waals surface area contributed by atoms with E-state index in [9.17, 15) is 4.79 Å². The maximum atomic E-state index is 10.5. The number of methoxy groups -OCH3 is 1. The van der Waals surface area contributed by atoms with Crippen LogP contribution in [0.2, 0.25) is 0 Å². The minimum absolute atomic E-state index is 0.0760. The molecule has 0 aromatic carbocycles. The van der Waals surface area contributed by atoms with Crippen LogP contribution in [-0.4, -0.2) is 38.1 Å². The minimum Gasteiger partial charge on any atom is -0.383 e. The van der Waals surface area contributed by atoms with E-state index in [1.54, 1.807) is 19.1 Å². The highest BCUT2D eigenvalue weighted by Gasteiger charge is 1.98. The summed E-state index contributed by atoms with van der Waals surface area (Å²) in [4.78, 5) is 12.1. The highest BCUT2D eigenvalue weighted by Crippen LogP contribution is 1.81. The summed E-state index contributed by atoms with van der Waals surface area (Å²) in [7, 11) is 3.37. The molecule has 0 saturated heterocycles. The van der Waals surface area contributed by atoms with E-state index in [2.05, 4.69) is 0 Å². The van der Waals surface area contributed by atoms with Gasteiger partial charge in [0.2, 0.25) is 5.91 Å². The Kier molecular flexibility index (Phi) is 4.05. The highest BCUT2D eigenvalue weighted by atomic mass is 16.5. The molecule has 0 atom stereocenters. The zero-order valence-corrected chi connectivity index (χ0v) is 6.18. The molecule has 1 amide bonds. The number of rotatable bonds is 3. The molecule has 0 fully saturated rings. The SMILES string of the molecule is COCCN(C)C(C)=O. The molecule has 0 aliphatic carbocycles. The first-order valence-electron chi connectivity index (χ1n) is 2.89. The fraction of sp³-hybridized carbons (Fsp3) is 0.833. The number of hydrogen-bond acceptors (Lipinski definition) is 2. The summed E-state index contributed by atoms with van der Waals surface area (Å²) >= 11 is 0. The molecule has 0 spiro atoms. The van der Waals surface area contributed by atoms with E-state index in [0.717, 1.165) is 0 Å². The zero-order valence-electron chi connectivity index (χ0n) is 6.18. The molecule has 0 aromatic heterocycles. The summed E-state index contributed by atoms with van der Waals surface area (Å²) in [6.45, 7) is 2.82. The summed E-state index contributed by atoms with van der Waals surface area (Å²) in [5.41, 5.74) is 0. The molecule has 0 heterocycles. The molecule has 0 saturated carbocycles. The Bertz CT molecular complexity index is 93.1. The summed E-state index contributed by atoms with van der Waals surface area (Å²) in [5, 5.41) is 0. The van der Waals surface area contributed by atoms with Crippen LogP contribution in [0, 0.1) is 0 Å². The van der Waals surface area contributed by atoms with Crippen LogP contribution in [0.5, 0.6) is 0 Å². The Morgan fingerprint density at radius 3 is 2.56 bits per heavy atom. The first-order chi connectivity index (χ1) is 4.18. The van der Waals surface area contributed by atoms with Crippen LogP contribution in [0.15, 0.2) is 0 Å². The first-order valence-corrected chi connectivity index (χ1v) is 2.89. The number of amides is 1. The molecule has 0 aliphatic rings. The lowest BCUT2D eigenvalue weighted by molar-refractivity contribution is -0.128. The molecule has 0 rings (SSSR count). The third-order valence-corrected chi connectivity index (χ3v) is 1.17. The topological polar surface area (TPSA) is 29.5 Å². The molecular formula is C6H13NO2. The van der Waals surface area contributed by atoms with E-state index in [-0.39, 0.29) is 5.91 Å². The molecule has 0 aromatic rings. The van der Waals surface area contributed by atoms with Crippen molar-refractivity contribution >= 4 is 5.91 Å². The van der Waals surface area contributed by atoms with Crippen LogP contribution in [-0.2, 0) is 9.53 Å². The van der Waals surface area contributed by atoms with Crippen molar-refractivity contribution in [2.75, 3.05) is 27.3 Å². The van der Waals surface area contributed by atoms with Crippen LogP contribution >= 0.6 is 0 Å². The van der Waals surface area contributed by atoms with E-state index in [1.165, 1.54) is 6.92 Å². The standard InChI is InChI=1S/C6H13NO2/c1-6(8)7(2)4-5-9-3/h4-5H2,1-3H3. The smallest absolute Gasteiger partial charge is 0.219 e. The summed E-state index contributed by atoms with van der Waals surface area (Å²) in [6.07, 6.45) is 0. The largest absolute Gasteiger partial charge is 0.383 e. The summed E-state index contributed by atoms with van der Waals surface area (Å²) < 4.78 is 4.77. The van der Waals surface area contributed by atoms with Gasteiger partial charge in [0.05, 0.1) is 6.61 Å². The number of nitrogens with zero attached hydrogens (tertiary/aromatic N) is 1. The van der Waals surface area contributed by atoms with E-state index in [0.29, 0.717) is 13.2 Å². The Morgan fingerprint density at radius 2 is 2.22 bits per heavy atom. The lowest BCUT2D eigenvalue weighted by atomic mass is 10.5. The fourth-order valence-corrected chi connectivity index (χ4v) is 0.386. The van der Waals surface area contributed by atoms with Gasteiger partial charge in [-0.1, -0.05) is 0 Å². The number of hydrogen-bond donors (Lipinski definition) is 0. The number of likely N-dealkylation sites (N-methyl/N-ethyl adjacent to an activating group) is 1. The lowest BCUT2D eigenvalue weighted by Gasteiger charge is -2.12. The van der Waals surface area contributed by atoms with Crippen molar-refractivity contribution in [3.05, 3.63) is 0 Å². The maximum absolute atomic E-state index is 10.5. The van der Waals surface area contributed by atoms with Gasteiger partial charge >= 0.3 is 0 Å². The number of carbonyl (C=O) groups is 1. The summed E-state index contributed by atoms with van der Waals surface area (Å²) in [6, 6.07) is 0. The van der Waals surface area contributed by atoms with E-state index >= 15 is 0 Å². The van der Waals surface area contributed by atoms with Crippen molar-refractivity contribution < 1.29 is 9.53 Å². The second kappa shape index (κ2) is 4.32. The zero-order chi connectivity index (χ0) is 7.28. The van der Waals surface area contributed by atoms with E-state index in [4.69, 9.17) is 4.74 Å². The maximum Gasteiger partial charge on any atom is 0.219 e. The van der Waals surface area contributed by atoms with Gasteiger partial charge < -0.3 is 9.64 Å². The molecule has 9 heavy (non-hydrogen) atoms. The Morgan fingerprint density at radius 1 is 1.67 bits per heavy atom. The quantitative estimate of drug-likeness (QED) is 0.544. The van der Waals surface area contributed by atoms with Gasteiger partial charge in [-0.3, -0.25) is 4.79 Å². The van der Waals surface area contributed by atoms with Crippen LogP contribution in [0.4, 0.5) is 0 Å². The second-order valence-corrected chi connectivity index (χ2v) is 1.93. The molecule has 0 aliphatic heterocycles. The predicted octanol–water partition coefficient (Wildman–Crippen LogP) is 0.111. The van der Waals surface area contributed by atoms with Crippen molar-refractivity contribution in [1.29, 1.82) is 0 Å². The molecule has 0 bridgehead atoms. The Hall–Kier alpha value is -0.570. The van der Waals surface area contributed by atoms with Crippen molar-refractivity contribution in [3.8, 4) is 0 Å². The van der Waals surface area contributed by atoms with E-state index < -0.39 is 0 Å². The highest BCUT2D eigenvalue weighted by molar-refractivity contribution is 5.72. The predicted molar refractivity (Wildman–Crippen MR) is 35.2 cm³/mol. The van der Waals surface area contributed by atoms with Crippen molar-refractivity contribution in [2.24, 2.45) is 0 Å². The molecule has 54 valence electrons. The fourth-order valence-electron chi connectivity index (χ4n) is 0.386. The van der Waals surface area contributed by atoms with Crippen molar-refractivity contribution in [1.82, 2.24) is 4.90 Å². The van der Waals surface area contributed by atoms with Gasteiger partial charge in [0.1, 0.15) is 0 Å². The molecule has 3 nitrogen and oxygen atoms in total. The van der Waals surface area contributed by atoms with Gasteiger partial charge in [-0.05, 0) is 0 Å². The first kappa shape index (κ1) is 8.43. The lowest BCUT2D eigenvalue weighted by Crippen LogP contribution is -2.27. The van der Waals surface area contributed by atoms with Gasteiger partial charge in [0.15, 0.2) is 0 Å². The number of ether oxygens (including phenoxy) is 1. The average molecular weight is 131 g/mol. The molecule has 0 radical (unpaired) electrons. The van der Waals surface area contributed by atoms with Gasteiger partial charge in [-0.25, -0.2) is 0 Å². The normalized spacial score (nSPS) is 9.22. The minimum atomic E-state index is 0.0760. The van der Waals surface area contributed by atoms with Gasteiger partial charge in [0.25, 0.3) is 0 Å². The molecule has 0 unspecified atom stereocenters. The summed E-state index contributed by atoms with van der Waals surface area (Å²) in [5.74, 6) is 0.0760. The van der Waals surface area contributed by atoms with Crippen LogP contribution in [0.3, 0.4) is 0 Å².